The van der Waals surface area contributed by atoms with Crippen molar-refractivity contribution >= 4 is 34.8 Å². The molecule has 7 heteroatoms. The molecule has 0 fully saturated rings. The van der Waals surface area contributed by atoms with Gasteiger partial charge in [-0.15, -0.1) is 0 Å². The first kappa shape index (κ1) is 17.6. The topological polar surface area (TPSA) is 55.4 Å². The molecule has 2 N–H and O–H groups in total. The number of thiocarbonyl (C=S) groups is 1. The second-order valence-electron chi connectivity index (χ2n) is 5.80. The summed E-state index contributed by atoms with van der Waals surface area (Å²) in [5.41, 5.74) is 1.91. The average molecular weight is 396 g/mol. The number of rotatable bonds is 5. The van der Waals surface area contributed by atoms with E-state index in [9.17, 15) is 0 Å². The van der Waals surface area contributed by atoms with E-state index in [0.717, 1.165) is 32.7 Å². The zero-order chi connectivity index (χ0) is 18.5. The van der Waals surface area contributed by atoms with Crippen LogP contribution in [0, 0.1) is 0 Å². The van der Waals surface area contributed by atoms with Gasteiger partial charge in [0.1, 0.15) is 5.03 Å². The first-order chi connectivity index (χ1) is 13.3. The molecule has 0 radical (unpaired) electrons. The predicted molar refractivity (Wildman–Crippen MR) is 110 cm³/mol. The lowest BCUT2D eigenvalue weighted by Crippen LogP contribution is -2.27. The van der Waals surface area contributed by atoms with E-state index in [-0.39, 0.29) is 6.79 Å². The maximum atomic E-state index is 5.39. The number of nitrogens with zero attached hydrogens (tertiary/aromatic N) is 1. The zero-order valence-corrected chi connectivity index (χ0v) is 16.0. The Morgan fingerprint density at radius 3 is 2.70 bits per heavy atom. The summed E-state index contributed by atoms with van der Waals surface area (Å²) in [6.07, 6.45) is 1.78. The SMILES string of the molecule is S=C(NCc1ccc2c(c1)OCO2)Nc1ccc(Sc2ccccc2)nc1. The van der Waals surface area contributed by atoms with Gasteiger partial charge in [0, 0.05) is 11.4 Å². The number of ether oxygens (including phenoxy) is 2. The number of nitrogens with one attached hydrogen (secondary N) is 2. The number of benzene rings is 2. The van der Waals surface area contributed by atoms with Gasteiger partial charge in [-0.05, 0) is 54.2 Å². The van der Waals surface area contributed by atoms with Crippen molar-refractivity contribution < 1.29 is 9.47 Å². The lowest BCUT2D eigenvalue weighted by Gasteiger charge is -2.11. The molecule has 0 saturated carbocycles. The van der Waals surface area contributed by atoms with Crippen LogP contribution in [0.3, 0.4) is 0 Å². The van der Waals surface area contributed by atoms with Gasteiger partial charge in [-0.3, -0.25) is 0 Å². The van der Waals surface area contributed by atoms with Crippen LogP contribution in [0.5, 0.6) is 11.5 Å². The Balaban J connectivity index is 1.29. The van der Waals surface area contributed by atoms with E-state index < -0.39 is 0 Å². The Bertz CT molecular complexity index is 934. The number of anilines is 1. The van der Waals surface area contributed by atoms with E-state index in [4.69, 9.17) is 21.7 Å². The van der Waals surface area contributed by atoms with Crippen molar-refractivity contribution in [2.24, 2.45) is 0 Å². The molecule has 5 nitrogen and oxygen atoms in total. The summed E-state index contributed by atoms with van der Waals surface area (Å²) in [5.74, 6) is 1.54. The third-order valence-electron chi connectivity index (χ3n) is 3.85. The summed E-state index contributed by atoms with van der Waals surface area (Å²) in [4.78, 5) is 5.63. The van der Waals surface area contributed by atoms with Crippen molar-refractivity contribution in [3.05, 3.63) is 72.4 Å². The summed E-state index contributed by atoms with van der Waals surface area (Å²) in [6.45, 7) is 0.871. The zero-order valence-electron chi connectivity index (χ0n) is 14.3. The van der Waals surface area contributed by atoms with Gasteiger partial charge in [-0.2, -0.15) is 0 Å². The molecule has 136 valence electrons. The summed E-state index contributed by atoms with van der Waals surface area (Å²) in [7, 11) is 0. The van der Waals surface area contributed by atoms with Gasteiger partial charge in [0.25, 0.3) is 0 Å². The second kappa shape index (κ2) is 8.28. The Morgan fingerprint density at radius 1 is 1.04 bits per heavy atom. The maximum Gasteiger partial charge on any atom is 0.231 e. The predicted octanol–water partition coefficient (Wildman–Crippen LogP) is 4.45. The molecule has 0 unspecified atom stereocenters. The monoisotopic (exact) mass is 395 g/mol. The van der Waals surface area contributed by atoms with Crippen LogP contribution in [0.4, 0.5) is 5.69 Å². The largest absolute Gasteiger partial charge is 0.454 e. The van der Waals surface area contributed by atoms with E-state index in [1.54, 1.807) is 18.0 Å². The fraction of sp³-hybridized carbons (Fsp3) is 0.100. The highest BCUT2D eigenvalue weighted by molar-refractivity contribution is 7.99. The van der Waals surface area contributed by atoms with E-state index in [0.29, 0.717) is 11.7 Å². The van der Waals surface area contributed by atoms with Gasteiger partial charge in [0.2, 0.25) is 6.79 Å². The van der Waals surface area contributed by atoms with Crippen LogP contribution < -0.4 is 20.1 Å². The molecule has 2 heterocycles. The summed E-state index contributed by atoms with van der Waals surface area (Å²) in [6, 6.07) is 19.9. The van der Waals surface area contributed by atoms with Crippen molar-refractivity contribution in [1.82, 2.24) is 10.3 Å². The molecule has 0 atom stereocenters. The first-order valence-electron chi connectivity index (χ1n) is 8.38. The number of pyridine rings is 1. The fourth-order valence-electron chi connectivity index (χ4n) is 2.53. The quantitative estimate of drug-likeness (QED) is 0.619. The molecule has 1 aromatic heterocycles. The normalized spacial score (nSPS) is 11.9. The smallest absolute Gasteiger partial charge is 0.231 e. The van der Waals surface area contributed by atoms with Gasteiger partial charge >= 0.3 is 0 Å². The third-order valence-corrected chi connectivity index (χ3v) is 5.05. The molecule has 0 aliphatic carbocycles. The lowest BCUT2D eigenvalue weighted by molar-refractivity contribution is 0.174. The minimum atomic E-state index is 0.276. The standard InChI is InChI=1S/C20H17N3O2S2/c26-20(22-11-14-6-8-17-18(10-14)25-13-24-17)23-15-7-9-19(21-12-15)27-16-4-2-1-3-5-16/h1-10,12H,11,13H2,(H2,22,23,26). The van der Waals surface area contributed by atoms with E-state index >= 15 is 0 Å². The molecular formula is C20H17N3O2S2. The van der Waals surface area contributed by atoms with Crippen LogP contribution in [0.1, 0.15) is 5.56 Å². The molecule has 0 amide bonds. The highest BCUT2D eigenvalue weighted by Crippen LogP contribution is 2.32. The first-order valence-corrected chi connectivity index (χ1v) is 9.61. The minimum Gasteiger partial charge on any atom is -0.454 e. The lowest BCUT2D eigenvalue weighted by atomic mass is 10.2. The van der Waals surface area contributed by atoms with Gasteiger partial charge in [0.15, 0.2) is 16.6 Å². The van der Waals surface area contributed by atoms with Gasteiger partial charge in [-0.1, -0.05) is 36.0 Å². The number of hydrogen-bond donors (Lipinski definition) is 2. The Labute approximate surface area is 167 Å². The van der Waals surface area contributed by atoms with Crippen molar-refractivity contribution in [3.8, 4) is 11.5 Å². The molecule has 2 aromatic carbocycles. The van der Waals surface area contributed by atoms with E-state index in [1.165, 1.54) is 0 Å². The Morgan fingerprint density at radius 2 is 1.89 bits per heavy atom. The van der Waals surface area contributed by atoms with Crippen LogP contribution in [0.25, 0.3) is 0 Å². The van der Waals surface area contributed by atoms with Crippen LogP contribution in [-0.4, -0.2) is 16.9 Å². The molecule has 4 rings (SSSR count). The molecular weight excluding hydrogens is 378 g/mol. The third kappa shape index (κ3) is 4.69. The molecule has 0 bridgehead atoms. The van der Waals surface area contributed by atoms with Crippen LogP contribution in [0.15, 0.2) is 76.8 Å². The second-order valence-corrected chi connectivity index (χ2v) is 7.30. The van der Waals surface area contributed by atoms with Crippen LogP contribution in [-0.2, 0) is 6.54 Å². The van der Waals surface area contributed by atoms with Crippen molar-refractivity contribution in [3.63, 3.8) is 0 Å². The highest BCUT2D eigenvalue weighted by Gasteiger charge is 2.13. The fourth-order valence-corrected chi connectivity index (χ4v) is 3.50. The van der Waals surface area contributed by atoms with Gasteiger partial charge < -0.3 is 20.1 Å². The Hall–Kier alpha value is -2.77. The molecule has 3 aromatic rings. The summed E-state index contributed by atoms with van der Waals surface area (Å²) in [5, 5.41) is 7.81. The molecule has 1 aliphatic rings. The van der Waals surface area contributed by atoms with Gasteiger partial charge in [-0.25, -0.2) is 4.98 Å². The van der Waals surface area contributed by atoms with Crippen molar-refractivity contribution in [2.45, 2.75) is 16.5 Å². The Kier molecular flexibility index (Phi) is 5.41. The average Bonchev–Trinajstić information content (AvgIpc) is 3.17. The molecule has 0 spiro atoms. The number of hydrogen-bond acceptors (Lipinski definition) is 5. The van der Waals surface area contributed by atoms with Crippen molar-refractivity contribution in [1.29, 1.82) is 0 Å². The minimum absolute atomic E-state index is 0.276. The number of aromatic nitrogens is 1. The van der Waals surface area contributed by atoms with Crippen LogP contribution >= 0.6 is 24.0 Å². The molecule has 0 saturated heterocycles. The maximum absolute atomic E-state index is 5.39. The number of fused-ring (bicyclic) bond motifs is 1. The van der Waals surface area contributed by atoms with Crippen LogP contribution in [0.2, 0.25) is 0 Å². The highest BCUT2D eigenvalue weighted by atomic mass is 32.2. The van der Waals surface area contributed by atoms with E-state index in [2.05, 4.69) is 27.8 Å². The van der Waals surface area contributed by atoms with Gasteiger partial charge in [0.05, 0.1) is 11.9 Å². The summed E-state index contributed by atoms with van der Waals surface area (Å²) < 4.78 is 10.7. The van der Waals surface area contributed by atoms with E-state index in [1.807, 2.05) is 48.5 Å². The molecule has 1 aliphatic heterocycles. The molecule has 27 heavy (non-hydrogen) atoms. The van der Waals surface area contributed by atoms with Crippen molar-refractivity contribution in [2.75, 3.05) is 12.1 Å². The summed E-state index contributed by atoms with van der Waals surface area (Å²) >= 11 is 6.98.